The van der Waals surface area contributed by atoms with E-state index in [-0.39, 0.29) is 24.4 Å². The zero-order chi connectivity index (χ0) is 16.5. The van der Waals surface area contributed by atoms with Crippen LogP contribution in [0.4, 0.5) is 0 Å². The van der Waals surface area contributed by atoms with Crippen molar-refractivity contribution in [1.82, 2.24) is 15.1 Å². The van der Waals surface area contributed by atoms with E-state index < -0.39 is 0 Å². The summed E-state index contributed by atoms with van der Waals surface area (Å²) in [5.74, 6) is -0.0189. The van der Waals surface area contributed by atoms with Gasteiger partial charge in [0.25, 0.3) is 0 Å². The lowest BCUT2D eigenvalue weighted by Gasteiger charge is -2.34. The molecule has 1 fully saturated rings. The summed E-state index contributed by atoms with van der Waals surface area (Å²) in [7, 11) is 0. The van der Waals surface area contributed by atoms with Crippen LogP contribution in [0.25, 0.3) is 0 Å². The van der Waals surface area contributed by atoms with Crippen LogP contribution in [-0.4, -0.2) is 61.0 Å². The average Bonchev–Trinajstić information content (AvgIpc) is 2.57. The summed E-state index contributed by atoms with van der Waals surface area (Å²) in [5.41, 5.74) is 7.18. The van der Waals surface area contributed by atoms with Gasteiger partial charge in [-0.2, -0.15) is 0 Å². The average molecular weight is 355 g/mol. The van der Waals surface area contributed by atoms with Gasteiger partial charge in [-0.05, 0) is 12.0 Å². The lowest BCUT2D eigenvalue weighted by atomic mass is 10.2. The van der Waals surface area contributed by atoms with E-state index in [1.807, 2.05) is 6.92 Å². The molecule has 0 radical (unpaired) electrons. The maximum Gasteiger partial charge on any atom is 0.236 e. The Morgan fingerprint density at radius 1 is 1.17 bits per heavy atom. The molecular formula is C18H31ClN4O. The van der Waals surface area contributed by atoms with E-state index in [1.165, 1.54) is 5.56 Å². The van der Waals surface area contributed by atoms with Gasteiger partial charge in [-0.15, -0.1) is 12.4 Å². The summed E-state index contributed by atoms with van der Waals surface area (Å²) >= 11 is 0. The van der Waals surface area contributed by atoms with Gasteiger partial charge < -0.3 is 11.1 Å². The van der Waals surface area contributed by atoms with E-state index in [0.717, 1.165) is 52.1 Å². The number of nitrogens with zero attached hydrogens (tertiary/aromatic N) is 2. The van der Waals surface area contributed by atoms with Crippen molar-refractivity contribution < 1.29 is 4.79 Å². The Bertz CT molecular complexity index is 463. The Labute approximate surface area is 152 Å². The van der Waals surface area contributed by atoms with Crippen LogP contribution in [0.15, 0.2) is 30.3 Å². The van der Waals surface area contributed by atoms with E-state index in [0.29, 0.717) is 6.54 Å². The Morgan fingerprint density at radius 2 is 1.79 bits per heavy atom. The number of rotatable bonds is 8. The van der Waals surface area contributed by atoms with E-state index in [1.54, 1.807) is 0 Å². The maximum absolute atomic E-state index is 11.8. The number of hydrogen-bond acceptors (Lipinski definition) is 4. The van der Waals surface area contributed by atoms with Crippen LogP contribution in [0.3, 0.4) is 0 Å². The van der Waals surface area contributed by atoms with Crippen molar-refractivity contribution in [2.45, 2.75) is 32.4 Å². The molecule has 0 aromatic heterocycles. The first-order chi connectivity index (χ1) is 11.2. The summed E-state index contributed by atoms with van der Waals surface area (Å²) in [4.78, 5) is 16.7. The molecule has 5 nitrogen and oxygen atoms in total. The van der Waals surface area contributed by atoms with Gasteiger partial charge in [0, 0.05) is 45.8 Å². The highest BCUT2D eigenvalue weighted by Gasteiger charge is 2.17. The summed E-state index contributed by atoms with van der Waals surface area (Å²) < 4.78 is 0. The molecule has 0 saturated carbocycles. The molecule has 1 saturated heterocycles. The monoisotopic (exact) mass is 354 g/mol. The third-order valence-corrected chi connectivity index (χ3v) is 4.38. The van der Waals surface area contributed by atoms with Crippen molar-refractivity contribution in [3.63, 3.8) is 0 Å². The summed E-state index contributed by atoms with van der Waals surface area (Å²) in [6.45, 7) is 8.95. The molecule has 1 aliphatic rings. The van der Waals surface area contributed by atoms with Gasteiger partial charge in [0.05, 0.1) is 6.04 Å². The van der Waals surface area contributed by atoms with E-state index in [9.17, 15) is 4.79 Å². The number of benzene rings is 1. The molecule has 1 aromatic rings. The Morgan fingerprint density at radius 3 is 2.42 bits per heavy atom. The molecule has 1 amide bonds. The minimum absolute atomic E-state index is 0. The third kappa shape index (κ3) is 7.18. The maximum atomic E-state index is 11.8. The second kappa shape index (κ2) is 11.4. The molecule has 6 heteroatoms. The quantitative estimate of drug-likeness (QED) is 0.742. The fourth-order valence-electron chi connectivity index (χ4n) is 2.92. The number of carbonyl (C=O) groups is 1. The number of piperazine rings is 1. The molecule has 2 rings (SSSR count). The number of nitrogens with one attached hydrogen (secondary N) is 1. The SMILES string of the molecule is CCCC(N)C(=O)NCCN1CCN(Cc2ccccc2)CC1.Cl. The standard InChI is InChI=1S/C18H30N4O.ClH/c1-2-6-17(19)18(23)20-9-10-21-11-13-22(14-12-21)15-16-7-4-3-5-8-16;/h3-5,7-8,17H,2,6,9-15,19H2,1H3,(H,20,23);1H. The highest BCUT2D eigenvalue weighted by Crippen LogP contribution is 2.08. The van der Waals surface area contributed by atoms with Crippen LogP contribution in [0.5, 0.6) is 0 Å². The zero-order valence-electron chi connectivity index (χ0n) is 14.6. The van der Waals surface area contributed by atoms with Crippen molar-refractivity contribution in [3.05, 3.63) is 35.9 Å². The topological polar surface area (TPSA) is 61.6 Å². The van der Waals surface area contributed by atoms with E-state index in [2.05, 4.69) is 45.4 Å². The molecule has 1 aromatic carbocycles. The fourth-order valence-corrected chi connectivity index (χ4v) is 2.92. The Hall–Kier alpha value is -1.14. The fraction of sp³-hybridized carbons (Fsp3) is 0.611. The van der Waals surface area contributed by atoms with E-state index in [4.69, 9.17) is 5.73 Å². The second-order valence-corrected chi connectivity index (χ2v) is 6.29. The Kier molecular flexibility index (Phi) is 9.95. The summed E-state index contributed by atoms with van der Waals surface area (Å²) in [5, 5.41) is 2.95. The number of halogens is 1. The Balaban J connectivity index is 0.00000288. The van der Waals surface area contributed by atoms with Crippen LogP contribution in [0.1, 0.15) is 25.3 Å². The second-order valence-electron chi connectivity index (χ2n) is 6.29. The highest BCUT2D eigenvalue weighted by atomic mass is 35.5. The first kappa shape index (κ1) is 20.9. The molecule has 1 heterocycles. The van der Waals surface area contributed by atoms with Gasteiger partial charge in [-0.25, -0.2) is 0 Å². The minimum Gasteiger partial charge on any atom is -0.353 e. The highest BCUT2D eigenvalue weighted by molar-refractivity contribution is 5.85. The summed E-state index contributed by atoms with van der Waals surface area (Å²) in [6.07, 6.45) is 1.70. The van der Waals surface area contributed by atoms with Crippen molar-refractivity contribution in [3.8, 4) is 0 Å². The third-order valence-electron chi connectivity index (χ3n) is 4.38. The van der Waals surface area contributed by atoms with Gasteiger partial charge in [-0.3, -0.25) is 14.6 Å². The molecule has 136 valence electrons. The van der Waals surface area contributed by atoms with Crippen LogP contribution < -0.4 is 11.1 Å². The first-order valence-corrected chi connectivity index (χ1v) is 8.71. The normalized spacial score (nSPS) is 17.1. The molecule has 3 N–H and O–H groups in total. The zero-order valence-corrected chi connectivity index (χ0v) is 15.4. The number of amides is 1. The molecule has 0 spiro atoms. The van der Waals surface area contributed by atoms with Gasteiger partial charge >= 0.3 is 0 Å². The van der Waals surface area contributed by atoms with Gasteiger partial charge in [0.1, 0.15) is 0 Å². The number of nitrogens with two attached hydrogens (primary N) is 1. The molecule has 0 bridgehead atoms. The molecule has 0 aliphatic carbocycles. The van der Waals surface area contributed by atoms with Gasteiger partial charge in [-0.1, -0.05) is 43.7 Å². The van der Waals surface area contributed by atoms with Gasteiger partial charge in [0.15, 0.2) is 0 Å². The van der Waals surface area contributed by atoms with Crippen molar-refractivity contribution in [2.75, 3.05) is 39.3 Å². The smallest absolute Gasteiger partial charge is 0.236 e. The van der Waals surface area contributed by atoms with Gasteiger partial charge in [0.2, 0.25) is 5.91 Å². The van der Waals surface area contributed by atoms with Crippen LogP contribution in [0.2, 0.25) is 0 Å². The van der Waals surface area contributed by atoms with Crippen LogP contribution >= 0.6 is 12.4 Å². The van der Waals surface area contributed by atoms with Crippen molar-refractivity contribution in [1.29, 1.82) is 0 Å². The van der Waals surface area contributed by atoms with E-state index >= 15 is 0 Å². The summed E-state index contributed by atoms with van der Waals surface area (Å²) in [6, 6.07) is 10.3. The molecular weight excluding hydrogens is 324 g/mol. The predicted octanol–water partition coefficient (Wildman–Crippen LogP) is 1.47. The molecule has 1 aliphatic heterocycles. The number of carbonyl (C=O) groups excluding carboxylic acids is 1. The molecule has 24 heavy (non-hydrogen) atoms. The largest absolute Gasteiger partial charge is 0.353 e. The van der Waals surface area contributed by atoms with Crippen molar-refractivity contribution >= 4 is 18.3 Å². The van der Waals surface area contributed by atoms with Crippen LogP contribution in [-0.2, 0) is 11.3 Å². The van der Waals surface area contributed by atoms with Crippen molar-refractivity contribution in [2.24, 2.45) is 5.73 Å². The first-order valence-electron chi connectivity index (χ1n) is 8.71. The van der Waals surface area contributed by atoms with Crippen LogP contribution in [0, 0.1) is 0 Å². The lowest BCUT2D eigenvalue weighted by molar-refractivity contribution is -0.122. The predicted molar refractivity (Wildman–Crippen MR) is 101 cm³/mol. The molecule has 1 atom stereocenters. The lowest BCUT2D eigenvalue weighted by Crippen LogP contribution is -2.49. The molecule has 1 unspecified atom stereocenters. The number of hydrogen-bond donors (Lipinski definition) is 2. The minimum atomic E-state index is -0.359.